The number of hydrogen-bond acceptors (Lipinski definition) is 4. The molecule has 1 atom stereocenters. The molecular weight excluding hydrogens is 198 g/mol. The summed E-state index contributed by atoms with van der Waals surface area (Å²) in [4.78, 5) is 10.5. The smallest absolute Gasteiger partial charge is 0.336 e. The third-order valence-corrected chi connectivity index (χ3v) is 1.70. The second kappa shape index (κ2) is 6.55. The van der Waals surface area contributed by atoms with Crippen LogP contribution in [0.5, 0.6) is 0 Å². The summed E-state index contributed by atoms with van der Waals surface area (Å²) in [6, 6.07) is 0. The molecule has 0 amide bonds. The molecule has 1 unspecified atom stereocenters. The van der Waals surface area contributed by atoms with Gasteiger partial charge in [0.05, 0.1) is 13.2 Å². The maximum Gasteiger partial charge on any atom is 0.336 e. The standard InChI is InChI=1S/C10H19NO4/c1-8(2)6-15-5-4-11-7-10(3,14)9(12)13/h11,14H,1,4-7H2,2-3H3,(H,12,13). The summed E-state index contributed by atoms with van der Waals surface area (Å²) in [7, 11) is 0. The highest BCUT2D eigenvalue weighted by Crippen LogP contribution is 2.00. The van der Waals surface area contributed by atoms with Gasteiger partial charge in [-0.05, 0) is 13.8 Å². The number of carbonyl (C=O) groups is 1. The SMILES string of the molecule is C=C(C)COCCNCC(C)(O)C(=O)O. The number of nitrogens with one attached hydrogen (secondary N) is 1. The normalized spacial score (nSPS) is 14.6. The van der Waals surface area contributed by atoms with Gasteiger partial charge in [-0.2, -0.15) is 0 Å². The minimum atomic E-state index is -1.73. The number of hydrogen-bond donors (Lipinski definition) is 3. The van der Waals surface area contributed by atoms with E-state index in [4.69, 9.17) is 9.84 Å². The Balaban J connectivity index is 3.46. The zero-order valence-electron chi connectivity index (χ0n) is 9.25. The first-order valence-corrected chi connectivity index (χ1v) is 4.75. The second-order valence-corrected chi connectivity index (χ2v) is 3.77. The van der Waals surface area contributed by atoms with Gasteiger partial charge in [0.15, 0.2) is 5.60 Å². The third kappa shape index (κ3) is 7.07. The Hall–Kier alpha value is -0.910. The van der Waals surface area contributed by atoms with Crippen molar-refractivity contribution in [2.75, 3.05) is 26.3 Å². The molecule has 0 rings (SSSR count). The maximum atomic E-state index is 10.5. The van der Waals surface area contributed by atoms with E-state index in [2.05, 4.69) is 11.9 Å². The molecule has 0 aromatic carbocycles. The number of aliphatic carboxylic acids is 1. The minimum Gasteiger partial charge on any atom is -0.479 e. The molecule has 5 nitrogen and oxygen atoms in total. The molecule has 0 spiro atoms. The molecule has 15 heavy (non-hydrogen) atoms. The largest absolute Gasteiger partial charge is 0.479 e. The van der Waals surface area contributed by atoms with Crippen LogP contribution < -0.4 is 5.32 Å². The van der Waals surface area contributed by atoms with Crippen LogP contribution in [0.2, 0.25) is 0 Å². The number of aliphatic hydroxyl groups is 1. The molecule has 0 radical (unpaired) electrons. The van der Waals surface area contributed by atoms with Crippen molar-refractivity contribution in [2.24, 2.45) is 0 Å². The summed E-state index contributed by atoms with van der Waals surface area (Å²) in [6.45, 7) is 8.24. The van der Waals surface area contributed by atoms with Crippen molar-refractivity contribution in [1.29, 1.82) is 0 Å². The highest BCUT2D eigenvalue weighted by atomic mass is 16.5. The Labute approximate surface area is 89.7 Å². The van der Waals surface area contributed by atoms with Crippen LogP contribution >= 0.6 is 0 Å². The average molecular weight is 217 g/mol. The Kier molecular flexibility index (Phi) is 6.15. The van der Waals surface area contributed by atoms with E-state index >= 15 is 0 Å². The molecule has 0 aliphatic rings. The predicted octanol–water partition coefficient (Wildman–Crippen LogP) is 0.00430. The zero-order chi connectivity index (χ0) is 11.9. The van der Waals surface area contributed by atoms with Crippen LogP contribution in [0, 0.1) is 0 Å². The van der Waals surface area contributed by atoms with E-state index in [9.17, 15) is 9.90 Å². The Morgan fingerprint density at radius 1 is 1.60 bits per heavy atom. The Morgan fingerprint density at radius 3 is 2.67 bits per heavy atom. The van der Waals surface area contributed by atoms with Gasteiger partial charge in [-0.1, -0.05) is 12.2 Å². The maximum absolute atomic E-state index is 10.5. The lowest BCUT2D eigenvalue weighted by molar-refractivity contribution is -0.156. The van der Waals surface area contributed by atoms with Crippen molar-refractivity contribution in [3.63, 3.8) is 0 Å². The van der Waals surface area contributed by atoms with E-state index in [1.165, 1.54) is 6.92 Å². The third-order valence-electron chi connectivity index (χ3n) is 1.70. The van der Waals surface area contributed by atoms with E-state index in [1.807, 2.05) is 6.92 Å². The molecule has 3 N–H and O–H groups in total. The van der Waals surface area contributed by atoms with E-state index in [-0.39, 0.29) is 6.54 Å². The number of carboxylic acid groups (broad SMARTS) is 1. The zero-order valence-corrected chi connectivity index (χ0v) is 9.25. The summed E-state index contributed by atoms with van der Waals surface area (Å²) in [5.74, 6) is -1.24. The fourth-order valence-electron chi connectivity index (χ4n) is 0.798. The van der Waals surface area contributed by atoms with Gasteiger partial charge in [0, 0.05) is 13.1 Å². The first-order chi connectivity index (χ1) is 6.86. The van der Waals surface area contributed by atoms with Crippen LogP contribution in [0.4, 0.5) is 0 Å². The first-order valence-electron chi connectivity index (χ1n) is 4.75. The number of carboxylic acids is 1. The molecule has 5 heteroatoms. The molecule has 88 valence electrons. The van der Waals surface area contributed by atoms with E-state index < -0.39 is 11.6 Å². The van der Waals surface area contributed by atoms with Crippen molar-refractivity contribution in [1.82, 2.24) is 5.32 Å². The fraction of sp³-hybridized carbons (Fsp3) is 0.700. The molecule has 0 heterocycles. The Morgan fingerprint density at radius 2 is 2.20 bits per heavy atom. The van der Waals surface area contributed by atoms with Gasteiger partial charge in [0.25, 0.3) is 0 Å². The van der Waals surface area contributed by atoms with E-state index in [0.29, 0.717) is 19.8 Å². The molecule has 0 aromatic rings. The highest BCUT2D eigenvalue weighted by molar-refractivity contribution is 5.76. The van der Waals surface area contributed by atoms with Crippen LogP contribution in [-0.2, 0) is 9.53 Å². The van der Waals surface area contributed by atoms with Crippen LogP contribution in [0.15, 0.2) is 12.2 Å². The molecule has 0 fully saturated rings. The van der Waals surface area contributed by atoms with E-state index in [1.54, 1.807) is 0 Å². The molecule has 0 bridgehead atoms. The predicted molar refractivity (Wildman–Crippen MR) is 56.8 cm³/mol. The lowest BCUT2D eigenvalue weighted by Gasteiger charge is -2.18. The van der Waals surface area contributed by atoms with Gasteiger partial charge >= 0.3 is 5.97 Å². The molecule has 0 aromatic heterocycles. The second-order valence-electron chi connectivity index (χ2n) is 3.77. The van der Waals surface area contributed by atoms with E-state index in [0.717, 1.165) is 5.57 Å². The average Bonchev–Trinajstić information content (AvgIpc) is 2.10. The number of rotatable bonds is 8. The fourth-order valence-corrected chi connectivity index (χ4v) is 0.798. The summed E-state index contributed by atoms with van der Waals surface area (Å²) in [5, 5.41) is 20.7. The minimum absolute atomic E-state index is 0.00123. The topological polar surface area (TPSA) is 78.8 Å². The Bertz CT molecular complexity index is 225. The van der Waals surface area contributed by atoms with Crippen molar-refractivity contribution >= 4 is 5.97 Å². The summed E-state index contributed by atoms with van der Waals surface area (Å²) < 4.78 is 5.18. The van der Waals surface area contributed by atoms with Gasteiger partial charge in [0.1, 0.15) is 0 Å². The monoisotopic (exact) mass is 217 g/mol. The van der Waals surface area contributed by atoms with Crippen LogP contribution in [0.25, 0.3) is 0 Å². The molecule has 0 aliphatic heterocycles. The van der Waals surface area contributed by atoms with Gasteiger partial charge in [0.2, 0.25) is 0 Å². The van der Waals surface area contributed by atoms with Crippen LogP contribution in [-0.4, -0.2) is 48.1 Å². The van der Waals surface area contributed by atoms with Crippen LogP contribution in [0.1, 0.15) is 13.8 Å². The lowest BCUT2D eigenvalue weighted by atomic mass is 10.1. The van der Waals surface area contributed by atoms with Gasteiger partial charge in [-0.25, -0.2) is 4.79 Å². The van der Waals surface area contributed by atoms with Crippen molar-refractivity contribution in [3.8, 4) is 0 Å². The summed E-state index contributed by atoms with van der Waals surface area (Å²) in [6.07, 6.45) is 0. The quantitative estimate of drug-likeness (QED) is 0.394. The van der Waals surface area contributed by atoms with Crippen molar-refractivity contribution in [3.05, 3.63) is 12.2 Å². The summed E-state index contributed by atoms with van der Waals surface area (Å²) in [5.41, 5.74) is -0.790. The lowest BCUT2D eigenvalue weighted by Crippen LogP contribution is -2.45. The van der Waals surface area contributed by atoms with Crippen LogP contribution in [0.3, 0.4) is 0 Å². The van der Waals surface area contributed by atoms with Crippen molar-refractivity contribution in [2.45, 2.75) is 19.4 Å². The molecule has 0 saturated heterocycles. The summed E-state index contributed by atoms with van der Waals surface area (Å²) >= 11 is 0. The first kappa shape index (κ1) is 14.1. The van der Waals surface area contributed by atoms with Gasteiger partial charge < -0.3 is 20.3 Å². The molecule has 0 aliphatic carbocycles. The molecular formula is C10H19NO4. The molecule has 0 saturated carbocycles. The number of ether oxygens (including phenoxy) is 1. The van der Waals surface area contributed by atoms with Gasteiger partial charge in [-0.15, -0.1) is 0 Å². The van der Waals surface area contributed by atoms with Gasteiger partial charge in [-0.3, -0.25) is 0 Å². The highest BCUT2D eigenvalue weighted by Gasteiger charge is 2.28. The van der Waals surface area contributed by atoms with Crippen molar-refractivity contribution < 1.29 is 19.7 Å².